The summed E-state index contributed by atoms with van der Waals surface area (Å²) in [6.07, 6.45) is 0.335. The van der Waals surface area contributed by atoms with E-state index in [0.717, 1.165) is 12.1 Å². The molecule has 5 heteroatoms. The zero-order valence-electron chi connectivity index (χ0n) is 9.84. The van der Waals surface area contributed by atoms with Gasteiger partial charge < -0.3 is 5.73 Å². The van der Waals surface area contributed by atoms with E-state index in [0.29, 0.717) is 22.0 Å². The summed E-state index contributed by atoms with van der Waals surface area (Å²) in [5.74, 6) is -2.15. The summed E-state index contributed by atoms with van der Waals surface area (Å²) >= 11 is 3.23. The molecule has 0 heterocycles. The highest BCUT2D eigenvalue weighted by molar-refractivity contribution is 9.10. The lowest BCUT2D eigenvalue weighted by atomic mass is 9.99. The highest BCUT2D eigenvalue weighted by Gasteiger charge is 2.12. The van der Waals surface area contributed by atoms with Crippen molar-refractivity contribution in [3.8, 4) is 0 Å². The molecule has 19 heavy (non-hydrogen) atoms. The molecule has 0 aliphatic heterocycles. The van der Waals surface area contributed by atoms with Crippen LogP contribution < -0.4 is 5.73 Å². The monoisotopic (exact) mass is 329 g/mol. The Morgan fingerprint density at radius 2 is 1.74 bits per heavy atom. The standard InChI is InChI=1S/C14H11BrF3N/c15-11-7-9(16)2-3-10(11)14(19)6-8-1-4-12(17)13(18)5-8/h1-5,7,14H,6,19H2. The number of hydrogen-bond donors (Lipinski definition) is 1. The van der Waals surface area contributed by atoms with Gasteiger partial charge >= 0.3 is 0 Å². The second-order valence-electron chi connectivity index (χ2n) is 4.22. The molecule has 0 bridgehead atoms. The Bertz CT molecular complexity index is 601. The molecule has 100 valence electrons. The molecule has 0 aromatic heterocycles. The minimum absolute atomic E-state index is 0.335. The van der Waals surface area contributed by atoms with E-state index in [-0.39, 0.29) is 5.82 Å². The largest absolute Gasteiger partial charge is 0.324 e. The van der Waals surface area contributed by atoms with Gasteiger partial charge in [0.2, 0.25) is 0 Å². The van der Waals surface area contributed by atoms with Gasteiger partial charge in [0.1, 0.15) is 5.82 Å². The first-order chi connectivity index (χ1) is 8.97. The van der Waals surface area contributed by atoms with E-state index in [1.807, 2.05) is 0 Å². The predicted molar refractivity (Wildman–Crippen MR) is 71.1 cm³/mol. The van der Waals surface area contributed by atoms with Gasteiger partial charge in [0.05, 0.1) is 0 Å². The normalized spacial score (nSPS) is 12.5. The van der Waals surface area contributed by atoms with Crippen LogP contribution in [0.25, 0.3) is 0 Å². The molecule has 0 fully saturated rings. The van der Waals surface area contributed by atoms with Crippen LogP contribution in [0.5, 0.6) is 0 Å². The topological polar surface area (TPSA) is 26.0 Å². The van der Waals surface area contributed by atoms with Gasteiger partial charge in [0.25, 0.3) is 0 Å². The maximum atomic E-state index is 13.1. The van der Waals surface area contributed by atoms with Crippen molar-refractivity contribution >= 4 is 15.9 Å². The smallest absolute Gasteiger partial charge is 0.159 e. The molecule has 0 radical (unpaired) electrons. The quantitative estimate of drug-likeness (QED) is 0.901. The van der Waals surface area contributed by atoms with Crippen LogP contribution in [0.3, 0.4) is 0 Å². The number of nitrogens with two attached hydrogens (primary N) is 1. The molecule has 2 N–H and O–H groups in total. The molecule has 0 saturated carbocycles. The van der Waals surface area contributed by atoms with E-state index in [1.165, 1.54) is 18.2 Å². The third kappa shape index (κ3) is 3.36. The van der Waals surface area contributed by atoms with Crippen molar-refractivity contribution in [2.45, 2.75) is 12.5 Å². The summed E-state index contributed by atoms with van der Waals surface area (Å²) in [6.45, 7) is 0. The first-order valence-electron chi connectivity index (χ1n) is 5.62. The zero-order valence-corrected chi connectivity index (χ0v) is 11.4. The number of halogens is 4. The molecule has 2 aromatic carbocycles. The van der Waals surface area contributed by atoms with E-state index < -0.39 is 17.7 Å². The molecule has 0 spiro atoms. The van der Waals surface area contributed by atoms with Crippen LogP contribution >= 0.6 is 15.9 Å². The van der Waals surface area contributed by atoms with Crippen molar-refractivity contribution in [1.29, 1.82) is 0 Å². The van der Waals surface area contributed by atoms with Crippen LogP contribution in [0, 0.1) is 17.5 Å². The van der Waals surface area contributed by atoms with Gasteiger partial charge in [-0.25, -0.2) is 13.2 Å². The minimum atomic E-state index is -0.900. The number of rotatable bonds is 3. The van der Waals surface area contributed by atoms with Crippen molar-refractivity contribution in [3.05, 3.63) is 69.4 Å². The third-order valence-electron chi connectivity index (χ3n) is 2.80. The van der Waals surface area contributed by atoms with Gasteiger partial charge in [0, 0.05) is 10.5 Å². The summed E-state index contributed by atoms with van der Waals surface area (Å²) in [7, 11) is 0. The average molecular weight is 330 g/mol. The van der Waals surface area contributed by atoms with Gasteiger partial charge in [0.15, 0.2) is 11.6 Å². The molecule has 1 unspecified atom stereocenters. The van der Waals surface area contributed by atoms with Crippen molar-refractivity contribution in [1.82, 2.24) is 0 Å². The lowest BCUT2D eigenvalue weighted by Crippen LogP contribution is -2.14. The Hall–Kier alpha value is -1.33. The first kappa shape index (κ1) is 14.1. The summed E-state index contributed by atoms with van der Waals surface area (Å²) in [6, 6.07) is 7.44. The summed E-state index contributed by atoms with van der Waals surface area (Å²) in [4.78, 5) is 0. The second kappa shape index (κ2) is 5.75. The fourth-order valence-electron chi connectivity index (χ4n) is 1.83. The summed E-state index contributed by atoms with van der Waals surface area (Å²) in [5.41, 5.74) is 7.30. The van der Waals surface area contributed by atoms with Crippen LogP contribution in [-0.2, 0) is 6.42 Å². The fourth-order valence-corrected chi connectivity index (χ4v) is 2.48. The third-order valence-corrected chi connectivity index (χ3v) is 3.49. The van der Waals surface area contributed by atoms with Gasteiger partial charge in [-0.3, -0.25) is 0 Å². The predicted octanol–water partition coefficient (Wildman–Crippen LogP) is 4.11. The van der Waals surface area contributed by atoms with E-state index in [2.05, 4.69) is 15.9 Å². The Labute approximate surface area is 117 Å². The molecule has 1 atom stereocenters. The minimum Gasteiger partial charge on any atom is -0.324 e. The first-order valence-corrected chi connectivity index (χ1v) is 6.41. The van der Waals surface area contributed by atoms with Crippen LogP contribution in [0.2, 0.25) is 0 Å². The molecule has 1 nitrogen and oxygen atoms in total. The van der Waals surface area contributed by atoms with E-state index in [4.69, 9.17) is 5.73 Å². The SMILES string of the molecule is NC(Cc1ccc(F)c(F)c1)c1ccc(F)cc1Br. The molecular weight excluding hydrogens is 319 g/mol. The van der Waals surface area contributed by atoms with Gasteiger partial charge in [-0.2, -0.15) is 0 Å². The molecule has 0 aliphatic rings. The lowest BCUT2D eigenvalue weighted by molar-refractivity contribution is 0.506. The Morgan fingerprint density at radius 3 is 2.37 bits per heavy atom. The van der Waals surface area contributed by atoms with Crippen molar-refractivity contribution in [3.63, 3.8) is 0 Å². The second-order valence-corrected chi connectivity index (χ2v) is 5.08. The lowest BCUT2D eigenvalue weighted by Gasteiger charge is -2.14. The summed E-state index contributed by atoms with van der Waals surface area (Å²) < 4.78 is 39.4. The van der Waals surface area contributed by atoms with Crippen LogP contribution in [0.4, 0.5) is 13.2 Å². The molecule has 0 aliphatic carbocycles. The average Bonchev–Trinajstić information content (AvgIpc) is 2.33. The molecule has 0 saturated heterocycles. The van der Waals surface area contributed by atoms with Crippen molar-refractivity contribution < 1.29 is 13.2 Å². The Kier molecular flexibility index (Phi) is 4.27. The highest BCUT2D eigenvalue weighted by Crippen LogP contribution is 2.25. The van der Waals surface area contributed by atoms with Gasteiger partial charge in [-0.05, 0) is 41.8 Å². The van der Waals surface area contributed by atoms with Crippen LogP contribution in [-0.4, -0.2) is 0 Å². The zero-order chi connectivity index (χ0) is 14.0. The maximum Gasteiger partial charge on any atom is 0.159 e. The molecule has 2 rings (SSSR count). The van der Waals surface area contributed by atoms with E-state index in [9.17, 15) is 13.2 Å². The van der Waals surface area contributed by atoms with Crippen molar-refractivity contribution in [2.24, 2.45) is 5.73 Å². The molecule has 2 aromatic rings. The van der Waals surface area contributed by atoms with Gasteiger partial charge in [-0.15, -0.1) is 0 Å². The van der Waals surface area contributed by atoms with Gasteiger partial charge in [-0.1, -0.05) is 28.1 Å². The van der Waals surface area contributed by atoms with E-state index >= 15 is 0 Å². The van der Waals surface area contributed by atoms with Crippen molar-refractivity contribution in [2.75, 3.05) is 0 Å². The fraction of sp³-hybridized carbons (Fsp3) is 0.143. The highest BCUT2D eigenvalue weighted by atomic mass is 79.9. The molecule has 0 amide bonds. The maximum absolute atomic E-state index is 13.1. The number of hydrogen-bond acceptors (Lipinski definition) is 1. The summed E-state index contributed by atoms with van der Waals surface area (Å²) in [5, 5.41) is 0. The Balaban J connectivity index is 2.20. The van der Waals surface area contributed by atoms with E-state index in [1.54, 1.807) is 6.07 Å². The van der Waals surface area contributed by atoms with Crippen LogP contribution in [0.1, 0.15) is 17.2 Å². The van der Waals surface area contributed by atoms with Crippen LogP contribution in [0.15, 0.2) is 40.9 Å². The Morgan fingerprint density at radius 1 is 1.00 bits per heavy atom. The molecular formula is C14H11BrF3N. The number of benzene rings is 2.